The Labute approximate surface area is 149 Å². The minimum absolute atomic E-state index is 0.197. The van der Waals surface area contributed by atoms with Gasteiger partial charge in [0.05, 0.1) is 11.3 Å². The van der Waals surface area contributed by atoms with Crippen LogP contribution >= 0.6 is 15.9 Å². The van der Waals surface area contributed by atoms with Crippen molar-refractivity contribution in [1.82, 2.24) is 5.32 Å². The molecule has 0 atom stereocenters. The highest BCUT2D eigenvalue weighted by molar-refractivity contribution is 9.10. The fraction of sp³-hybridized carbons (Fsp3) is 0.294. The first-order chi connectivity index (χ1) is 11.5. The second-order valence-corrected chi connectivity index (χ2v) is 6.02. The molecule has 0 unspecified atom stereocenters. The second-order valence-electron chi connectivity index (χ2n) is 5.24. The lowest BCUT2D eigenvalue weighted by Crippen LogP contribution is -2.31. The largest absolute Gasteiger partial charge is 0.444 e. The van der Waals surface area contributed by atoms with Crippen molar-refractivity contribution in [3.05, 3.63) is 52.4 Å². The molecule has 0 bridgehead atoms. The molecule has 2 aromatic rings. The van der Waals surface area contributed by atoms with E-state index in [4.69, 9.17) is 10.2 Å². The fourth-order valence-corrected chi connectivity index (χ4v) is 2.54. The van der Waals surface area contributed by atoms with Crippen LogP contribution in [-0.4, -0.2) is 32.0 Å². The molecule has 6 nitrogen and oxygen atoms in total. The van der Waals surface area contributed by atoms with Gasteiger partial charge in [0.1, 0.15) is 0 Å². The number of nitrogens with zero attached hydrogens (tertiary/aromatic N) is 1. The van der Waals surface area contributed by atoms with Gasteiger partial charge in [0.25, 0.3) is 11.8 Å². The van der Waals surface area contributed by atoms with Gasteiger partial charge in [-0.25, -0.2) is 0 Å². The number of carbonyl (C=O) groups is 2. The molecule has 1 heterocycles. The summed E-state index contributed by atoms with van der Waals surface area (Å²) < 4.78 is 5.77. The predicted molar refractivity (Wildman–Crippen MR) is 96.2 cm³/mol. The number of hydrogen-bond acceptors (Lipinski definition) is 4. The average molecular weight is 394 g/mol. The van der Waals surface area contributed by atoms with Gasteiger partial charge in [-0.1, -0.05) is 12.1 Å². The number of hydrogen-bond donors (Lipinski definition) is 2. The molecule has 128 valence electrons. The maximum Gasteiger partial charge on any atom is 0.293 e. The molecule has 1 aromatic carbocycles. The van der Waals surface area contributed by atoms with Gasteiger partial charge in [-0.3, -0.25) is 9.59 Å². The molecule has 0 saturated heterocycles. The Morgan fingerprint density at radius 3 is 2.62 bits per heavy atom. The normalized spacial score (nSPS) is 10.5. The van der Waals surface area contributed by atoms with Crippen LogP contribution in [0, 0.1) is 0 Å². The summed E-state index contributed by atoms with van der Waals surface area (Å²) in [7, 11) is 1.61. The lowest BCUT2D eigenvalue weighted by molar-refractivity contribution is 0.0953. The van der Waals surface area contributed by atoms with E-state index in [1.165, 1.54) is 4.90 Å². The highest BCUT2D eigenvalue weighted by Gasteiger charge is 2.21. The number of unbranched alkanes of at least 4 members (excludes halogenated alkanes) is 1. The van der Waals surface area contributed by atoms with Gasteiger partial charge in [0.15, 0.2) is 10.4 Å². The van der Waals surface area contributed by atoms with E-state index in [-0.39, 0.29) is 17.6 Å². The Morgan fingerprint density at radius 2 is 1.96 bits per heavy atom. The second kappa shape index (κ2) is 8.65. The number of carbonyl (C=O) groups excluding carboxylic acids is 2. The number of amides is 2. The van der Waals surface area contributed by atoms with E-state index < -0.39 is 0 Å². The van der Waals surface area contributed by atoms with E-state index in [1.807, 2.05) is 0 Å². The standard InChI is InChI=1S/C17H20BrN3O3/c1-21(17(23)14-8-9-15(18)24-14)13-7-3-2-6-12(13)16(22)20-11-5-4-10-19/h2-3,6-9H,4-5,10-11,19H2,1H3,(H,20,22). The van der Waals surface area contributed by atoms with Crippen LogP contribution in [0.2, 0.25) is 0 Å². The summed E-state index contributed by atoms with van der Waals surface area (Å²) in [6, 6.07) is 10.2. The van der Waals surface area contributed by atoms with Gasteiger partial charge in [0, 0.05) is 13.6 Å². The third-order valence-electron chi connectivity index (χ3n) is 3.52. The van der Waals surface area contributed by atoms with E-state index in [0.717, 1.165) is 12.8 Å². The van der Waals surface area contributed by atoms with Crippen LogP contribution in [0.3, 0.4) is 0 Å². The first-order valence-electron chi connectivity index (χ1n) is 7.65. The summed E-state index contributed by atoms with van der Waals surface area (Å²) in [6.45, 7) is 1.15. The van der Waals surface area contributed by atoms with Gasteiger partial charge in [-0.2, -0.15) is 0 Å². The van der Waals surface area contributed by atoms with Crippen molar-refractivity contribution in [2.24, 2.45) is 5.73 Å². The number of nitrogens with two attached hydrogens (primary N) is 1. The molecule has 0 fully saturated rings. The van der Waals surface area contributed by atoms with Crippen LogP contribution in [0.1, 0.15) is 33.8 Å². The van der Waals surface area contributed by atoms with Crippen LogP contribution in [0.15, 0.2) is 45.5 Å². The number of nitrogens with one attached hydrogen (secondary N) is 1. The van der Waals surface area contributed by atoms with Crippen LogP contribution in [0.4, 0.5) is 5.69 Å². The number of anilines is 1. The summed E-state index contributed by atoms with van der Waals surface area (Å²) in [5.41, 5.74) is 6.40. The van der Waals surface area contributed by atoms with E-state index in [0.29, 0.717) is 29.0 Å². The quantitative estimate of drug-likeness (QED) is 0.707. The molecule has 0 saturated carbocycles. The van der Waals surface area contributed by atoms with Crippen molar-refractivity contribution in [3.63, 3.8) is 0 Å². The SMILES string of the molecule is CN(C(=O)c1ccc(Br)o1)c1ccccc1C(=O)NCCCCN. The number of furan rings is 1. The molecule has 0 aliphatic rings. The zero-order chi connectivity index (χ0) is 17.5. The summed E-state index contributed by atoms with van der Waals surface area (Å²) in [5, 5.41) is 2.85. The molecule has 24 heavy (non-hydrogen) atoms. The van der Waals surface area contributed by atoms with E-state index >= 15 is 0 Å². The fourth-order valence-electron chi connectivity index (χ4n) is 2.23. The molecule has 2 amide bonds. The van der Waals surface area contributed by atoms with Gasteiger partial charge in [-0.05, 0) is 59.6 Å². The Bertz CT molecular complexity index is 715. The first kappa shape index (κ1) is 18.2. The number of benzene rings is 1. The Kier molecular flexibility index (Phi) is 6.57. The van der Waals surface area contributed by atoms with Crippen LogP contribution in [-0.2, 0) is 0 Å². The van der Waals surface area contributed by atoms with Gasteiger partial charge >= 0.3 is 0 Å². The van der Waals surface area contributed by atoms with Crippen molar-refractivity contribution in [2.75, 3.05) is 25.0 Å². The lowest BCUT2D eigenvalue weighted by Gasteiger charge is -2.19. The Balaban J connectivity index is 2.15. The monoisotopic (exact) mass is 393 g/mol. The third kappa shape index (κ3) is 4.46. The summed E-state index contributed by atoms with van der Waals surface area (Å²) in [6.07, 6.45) is 1.67. The van der Waals surface area contributed by atoms with Gasteiger partial charge < -0.3 is 20.4 Å². The van der Waals surface area contributed by atoms with E-state index in [9.17, 15) is 9.59 Å². The maximum atomic E-state index is 12.5. The molecule has 0 aliphatic carbocycles. The molecule has 3 N–H and O–H groups in total. The Hall–Kier alpha value is -2.12. The molecule has 1 aromatic heterocycles. The van der Waals surface area contributed by atoms with E-state index in [1.54, 1.807) is 43.4 Å². The molecule has 0 spiro atoms. The molecule has 2 rings (SSSR count). The van der Waals surface area contributed by atoms with Crippen LogP contribution in [0.5, 0.6) is 0 Å². The Morgan fingerprint density at radius 1 is 1.21 bits per heavy atom. The predicted octanol–water partition coefficient (Wildman–Crippen LogP) is 2.79. The highest BCUT2D eigenvalue weighted by atomic mass is 79.9. The number of halogens is 1. The van der Waals surface area contributed by atoms with Crippen LogP contribution < -0.4 is 16.0 Å². The first-order valence-corrected chi connectivity index (χ1v) is 8.44. The van der Waals surface area contributed by atoms with Gasteiger partial charge in [-0.15, -0.1) is 0 Å². The van der Waals surface area contributed by atoms with E-state index in [2.05, 4.69) is 21.2 Å². The topological polar surface area (TPSA) is 88.6 Å². The van der Waals surface area contributed by atoms with Gasteiger partial charge in [0.2, 0.25) is 0 Å². The zero-order valence-electron chi connectivity index (χ0n) is 13.4. The van der Waals surface area contributed by atoms with Crippen molar-refractivity contribution >= 4 is 33.4 Å². The zero-order valence-corrected chi connectivity index (χ0v) is 15.0. The summed E-state index contributed by atoms with van der Waals surface area (Å²) in [5.74, 6) is -0.352. The number of para-hydroxylation sites is 1. The molecule has 0 radical (unpaired) electrons. The highest BCUT2D eigenvalue weighted by Crippen LogP contribution is 2.23. The molecular formula is C17H20BrN3O3. The van der Waals surface area contributed by atoms with Crippen molar-refractivity contribution in [3.8, 4) is 0 Å². The number of rotatable bonds is 7. The summed E-state index contributed by atoms with van der Waals surface area (Å²) in [4.78, 5) is 26.3. The molecular weight excluding hydrogens is 374 g/mol. The minimum atomic E-state index is -0.330. The summed E-state index contributed by atoms with van der Waals surface area (Å²) >= 11 is 3.17. The molecule has 0 aliphatic heterocycles. The minimum Gasteiger partial charge on any atom is -0.444 e. The van der Waals surface area contributed by atoms with Crippen molar-refractivity contribution in [2.45, 2.75) is 12.8 Å². The lowest BCUT2D eigenvalue weighted by atomic mass is 10.1. The smallest absolute Gasteiger partial charge is 0.293 e. The van der Waals surface area contributed by atoms with Crippen molar-refractivity contribution < 1.29 is 14.0 Å². The average Bonchev–Trinajstić information content (AvgIpc) is 3.03. The van der Waals surface area contributed by atoms with Crippen LogP contribution in [0.25, 0.3) is 0 Å². The van der Waals surface area contributed by atoms with Crippen molar-refractivity contribution in [1.29, 1.82) is 0 Å². The maximum absolute atomic E-state index is 12.5. The molecule has 7 heteroatoms. The third-order valence-corrected chi connectivity index (χ3v) is 3.94.